The predicted molar refractivity (Wildman–Crippen MR) is 79.4 cm³/mol. The number of nitrogens with zero attached hydrogens (tertiary/aromatic N) is 2. The normalized spacial score (nSPS) is 10.8. The summed E-state index contributed by atoms with van der Waals surface area (Å²) < 4.78 is 2.74. The van der Waals surface area contributed by atoms with Crippen LogP contribution in [0.2, 0.25) is 0 Å². The van der Waals surface area contributed by atoms with Crippen molar-refractivity contribution in [3.05, 3.63) is 63.6 Å². The Bertz CT molecular complexity index is 780. The van der Waals surface area contributed by atoms with E-state index < -0.39 is 0 Å². The summed E-state index contributed by atoms with van der Waals surface area (Å²) >= 11 is 2.18. The third-order valence-electron chi connectivity index (χ3n) is 2.85. The van der Waals surface area contributed by atoms with Crippen molar-refractivity contribution >= 4 is 34.0 Å². The summed E-state index contributed by atoms with van der Waals surface area (Å²) in [6, 6.07) is 10.3. The monoisotopic (exact) mass is 364 g/mol. The Balaban J connectivity index is 2.17. The van der Waals surface area contributed by atoms with Gasteiger partial charge in [-0.15, -0.1) is 0 Å². The van der Waals surface area contributed by atoms with E-state index in [0.29, 0.717) is 11.3 Å². The standard InChI is InChI=1S/C14H9IN2O2/c15-9-5-6-13-16-7-11(17(13)8-9)14(19)10-3-1-2-4-12(10)18/h1-8,18H. The Morgan fingerprint density at radius 2 is 2.00 bits per heavy atom. The number of aromatic hydroxyl groups is 1. The van der Waals surface area contributed by atoms with Crippen molar-refractivity contribution in [2.75, 3.05) is 0 Å². The molecule has 0 radical (unpaired) electrons. The molecule has 1 aromatic carbocycles. The Kier molecular flexibility index (Phi) is 2.98. The molecule has 3 rings (SSSR count). The van der Waals surface area contributed by atoms with Crippen molar-refractivity contribution in [3.63, 3.8) is 0 Å². The number of benzene rings is 1. The van der Waals surface area contributed by atoms with Crippen LogP contribution in [0.25, 0.3) is 5.65 Å². The molecule has 0 saturated carbocycles. The Morgan fingerprint density at radius 1 is 1.21 bits per heavy atom. The van der Waals surface area contributed by atoms with Crippen LogP contribution in [0.1, 0.15) is 16.1 Å². The maximum absolute atomic E-state index is 12.4. The first-order valence-electron chi connectivity index (χ1n) is 5.62. The van der Waals surface area contributed by atoms with Crippen LogP contribution in [0.3, 0.4) is 0 Å². The van der Waals surface area contributed by atoms with Gasteiger partial charge in [-0.2, -0.15) is 0 Å². The summed E-state index contributed by atoms with van der Waals surface area (Å²) in [5.41, 5.74) is 1.43. The molecule has 0 aliphatic carbocycles. The Labute approximate surface area is 122 Å². The average molecular weight is 364 g/mol. The SMILES string of the molecule is O=C(c1ccccc1O)c1cnc2ccc(I)cn12. The van der Waals surface area contributed by atoms with Gasteiger partial charge in [0.1, 0.15) is 17.1 Å². The molecule has 1 N–H and O–H groups in total. The van der Waals surface area contributed by atoms with E-state index in [4.69, 9.17) is 0 Å². The van der Waals surface area contributed by atoms with Gasteiger partial charge in [-0.1, -0.05) is 12.1 Å². The highest BCUT2D eigenvalue weighted by atomic mass is 127. The molecule has 4 nitrogen and oxygen atoms in total. The lowest BCUT2D eigenvalue weighted by atomic mass is 10.1. The van der Waals surface area contributed by atoms with Crippen molar-refractivity contribution in [2.24, 2.45) is 0 Å². The maximum Gasteiger partial charge on any atom is 0.215 e. The second kappa shape index (κ2) is 4.65. The number of carbonyl (C=O) groups excluding carboxylic acids is 1. The van der Waals surface area contributed by atoms with Gasteiger partial charge in [-0.25, -0.2) is 4.98 Å². The summed E-state index contributed by atoms with van der Waals surface area (Å²) in [5, 5.41) is 9.75. The zero-order valence-corrected chi connectivity index (χ0v) is 11.9. The quantitative estimate of drug-likeness (QED) is 0.562. The van der Waals surface area contributed by atoms with Crippen molar-refractivity contribution in [1.29, 1.82) is 0 Å². The smallest absolute Gasteiger partial charge is 0.215 e. The van der Waals surface area contributed by atoms with Gasteiger partial charge in [0.2, 0.25) is 5.78 Å². The zero-order chi connectivity index (χ0) is 13.4. The predicted octanol–water partition coefficient (Wildman–Crippen LogP) is 2.88. The molecule has 19 heavy (non-hydrogen) atoms. The van der Waals surface area contributed by atoms with E-state index >= 15 is 0 Å². The summed E-state index contributed by atoms with van der Waals surface area (Å²) in [4.78, 5) is 16.6. The number of ketones is 1. The number of fused-ring (bicyclic) bond motifs is 1. The molecule has 2 aromatic heterocycles. The van der Waals surface area contributed by atoms with E-state index in [0.717, 1.165) is 3.57 Å². The lowest BCUT2D eigenvalue weighted by molar-refractivity contribution is 0.103. The third-order valence-corrected chi connectivity index (χ3v) is 3.49. The first kappa shape index (κ1) is 12.2. The minimum absolute atomic E-state index is 0.0203. The van der Waals surface area contributed by atoms with Crippen LogP contribution in [-0.4, -0.2) is 20.3 Å². The lowest BCUT2D eigenvalue weighted by Gasteiger charge is -2.03. The van der Waals surface area contributed by atoms with Gasteiger partial charge in [0, 0.05) is 9.77 Å². The van der Waals surface area contributed by atoms with Crippen LogP contribution >= 0.6 is 22.6 Å². The van der Waals surface area contributed by atoms with Crippen LogP contribution in [0.15, 0.2) is 48.8 Å². The summed E-state index contributed by atoms with van der Waals surface area (Å²) in [6.07, 6.45) is 3.37. The Morgan fingerprint density at radius 3 is 2.79 bits per heavy atom. The van der Waals surface area contributed by atoms with Gasteiger partial charge in [0.25, 0.3) is 0 Å². The van der Waals surface area contributed by atoms with E-state index in [1.807, 2.05) is 18.3 Å². The topological polar surface area (TPSA) is 54.6 Å². The Hall–Kier alpha value is -1.89. The number of phenols is 1. The van der Waals surface area contributed by atoms with Gasteiger partial charge in [0.15, 0.2) is 0 Å². The highest BCUT2D eigenvalue weighted by Gasteiger charge is 2.17. The van der Waals surface area contributed by atoms with Crippen molar-refractivity contribution < 1.29 is 9.90 Å². The highest BCUT2D eigenvalue weighted by Crippen LogP contribution is 2.21. The number of para-hydroxylation sites is 1. The van der Waals surface area contributed by atoms with Gasteiger partial charge in [-0.3, -0.25) is 9.20 Å². The van der Waals surface area contributed by atoms with Crippen LogP contribution in [0, 0.1) is 3.57 Å². The minimum atomic E-state index is -0.243. The first-order chi connectivity index (χ1) is 9.16. The van der Waals surface area contributed by atoms with Crippen molar-refractivity contribution in [3.8, 4) is 5.75 Å². The van der Waals surface area contributed by atoms with Crippen LogP contribution < -0.4 is 0 Å². The molecule has 0 aliphatic rings. The van der Waals surface area contributed by atoms with E-state index in [2.05, 4.69) is 27.6 Å². The molecule has 0 amide bonds. The average Bonchev–Trinajstić information content (AvgIpc) is 2.81. The second-order valence-electron chi connectivity index (χ2n) is 4.07. The van der Waals surface area contributed by atoms with Gasteiger partial charge < -0.3 is 5.11 Å². The molecular formula is C14H9IN2O2. The molecule has 94 valence electrons. The minimum Gasteiger partial charge on any atom is -0.507 e. The highest BCUT2D eigenvalue weighted by molar-refractivity contribution is 14.1. The van der Waals surface area contributed by atoms with Crippen LogP contribution in [0.5, 0.6) is 5.75 Å². The number of imidazole rings is 1. The number of rotatable bonds is 2. The number of hydrogen-bond donors (Lipinski definition) is 1. The van der Waals surface area contributed by atoms with E-state index in [1.165, 1.54) is 12.3 Å². The number of phenolic OH excluding ortho intramolecular Hbond substituents is 1. The number of halogens is 1. The van der Waals surface area contributed by atoms with Crippen LogP contribution in [0.4, 0.5) is 0 Å². The van der Waals surface area contributed by atoms with Gasteiger partial charge in [-0.05, 0) is 46.9 Å². The second-order valence-corrected chi connectivity index (χ2v) is 5.31. The number of hydrogen-bond acceptors (Lipinski definition) is 3. The number of carbonyl (C=O) groups is 1. The summed E-state index contributed by atoms with van der Waals surface area (Å²) in [6.45, 7) is 0. The maximum atomic E-state index is 12.4. The molecule has 3 aromatic rings. The molecule has 0 unspecified atom stereocenters. The molecular weight excluding hydrogens is 355 g/mol. The molecule has 0 fully saturated rings. The number of pyridine rings is 1. The van der Waals surface area contributed by atoms with Crippen LogP contribution in [-0.2, 0) is 0 Å². The van der Waals surface area contributed by atoms with E-state index in [1.54, 1.807) is 22.6 Å². The van der Waals surface area contributed by atoms with E-state index in [9.17, 15) is 9.90 Å². The van der Waals surface area contributed by atoms with Gasteiger partial charge >= 0.3 is 0 Å². The molecule has 0 aliphatic heterocycles. The fraction of sp³-hybridized carbons (Fsp3) is 0. The molecule has 0 bridgehead atoms. The zero-order valence-electron chi connectivity index (χ0n) is 9.75. The molecule has 2 heterocycles. The van der Waals surface area contributed by atoms with Crippen molar-refractivity contribution in [2.45, 2.75) is 0 Å². The molecule has 0 saturated heterocycles. The molecule has 5 heteroatoms. The summed E-state index contributed by atoms with van der Waals surface area (Å²) in [5.74, 6) is -0.263. The largest absolute Gasteiger partial charge is 0.507 e. The lowest BCUT2D eigenvalue weighted by Crippen LogP contribution is -2.05. The fourth-order valence-electron chi connectivity index (χ4n) is 1.93. The van der Waals surface area contributed by atoms with E-state index in [-0.39, 0.29) is 17.1 Å². The summed E-state index contributed by atoms with van der Waals surface area (Å²) in [7, 11) is 0. The van der Waals surface area contributed by atoms with Crippen molar-refractivity contribution in [1.82, 2.24) is 9.38 Å². The number of aromatic nitrogens is 2. The fourth-order valence-corrected chi connectivity index (χ4v) is 2.38. The first-order valence-corrected chi connectivity index (χ1v) is 6.70. The van der Waals surface area contributed by atoms with Gasteiger partial charge in [0.05, 0.1) is 11.8 Å². The third kappa shape index (κ3) is 2.10. The molecule has 0 spiro atoms. The molecule has 0 atom stereocenters.